The Bertz CT molecular complexity index is 1140. The van der Waals surface area contributed by atoms with Crippen LogP contribution in [0.2, 0.25) is 0 Å². The van der Waals surface area contributed by atoms with Crippen LogP contribution in [-0.4, -0.2) is 36.7 Å². The summed E-state index contributed by atoms with van der Waals surface area (Å²) in [6.45, 7) is 0. The average molecular weight is 444 g/mol. The van der Waals surface area contributed by atoms with Crippen LogP contribution >= 0.6 is 12.2 Å². The molecule has 0 bridgehead atoms. The van der Waals surface area contributed by atoms with Crippen LogP contribution in [0.3, 0.4) is 0 Å². The van der Waals surface area contributed by atoms with Crippen LogP contribution in [-0.2, 0) is 10.0 Å². The molecule has 30 heavy (non-hydrogen) atoms. The molecule has 3 N–H and O–H groups in total. The summed E-state index contributed by atoms with van der Waals surface area (Å²) in [7, 11) is -2.42. The van der Waals surface area contributed by atoms with Crippen molar-refractivity contribution in [1.82, 2.24) is 15.5 Å². The summed E-state index contributed by atoms with van der Waals surface area (Å²) >= 11 is 5.13. The van der Waals surface area contributed by atoms with Gasteiger partial charge in [-0.2, -0.15) is 0 Å². The van der Waals surface area contributed by atoms with E-state index in [0.29, 0.717) is 11.3 Å². The highest BCUT2D eigenvalue weighted by atomic mass is 32.2. The van der Waals surface area contributed by atoms with Gasteiger partial charge in [0.15, 0.2) is 10.9 Å². The lowest BCUT2D eigenvalue weighted by atomic mass is 10.2. The summed E-state index contributed by atoms with van der Waals surface area (Å²) in [6.07, 6.45) is 0. The molecule has 0 aliphatic rings. The zero-order chi connectivity index (χ0) is 21.6. The van der Waals surface area contributed by atoms with Crippen LogP contribution in [0.5, 0.6) is 5.88 Å². The Morgan fingerprint density at radius 3 is 2.27 bits per heavy atom. The molecule has 0 spiro atoms. The topological polar surface area (TPSA) is 122 Å². The molecule has 1 aromatic heterocycles. The van der Waals surface area contributed by atoms with E-state index >= 15 is 0 Å². The van der Waals surface area contributed by atoms with E-state index in [0.717, 1.165) is 0 Å². The zero-order valence-electron chi connectivity index (χ0n) is 15.7. The normalized spacial score (nSPS) is 10.7. The Labute approximate surface area is 178 Å². The number of anilines is 2. The van der Waals surface area contributed by atoms with E-state index in [1.165, 1.54) is 43.5 Å². The van der Waals surface area contributed by atoms with Crippen molar-refractivity contribution in [2.24, 2.45) is 0 Å². The van der Waals surface area contributed by atoms with E-state index in [2.05, 4.69) is 25.6 Å². The number of sulfonamides is 1. The third kappa shape index (κ3) is 5.49. The summed E-state index contributed by atoms with van der Waals surface area (Å²) in [5.41, 5.74) is 0.979. The Balaban J connectivity index is 1.62. The van der Waals surface area contributed by atoms with E-state index < -0.39 is 10.0 Å². The van der Waals surface area contributed by atoms with Gasteiger partial charge >= 0.3 is 0 Å². The van der Waals surface area contributed by atoms with E-state index in [1.807, 2.05) is 0 Å². The van der Waals surface area contributed by atoms with Crippen molar-refractivity contribution in [3.8, 4) is 5.88 Å². The van der Waals surface area contributed by atoms with Gasteiger partial charge in [-0.05, 0) is 54.7 Å². The highest BCUT2D eigenvalue weighted by molar-refractivity contribution is 7.92. The summed E-state index contributed by atoms with van der Waals surface area (Å²) in [6, 6.07) is 17.4. The van der Waals surface area contributed by atoms with Gasteiger partial charge < -0.3 is 10.1 Å². The second-order valence-electron chi connectivity index (χ2n) is 5.87. The number of benzene rings is 2. The number of methoxy groups -OCH3 is 1. The van der Waals surface area contributed by atoms with Crippen LogP contribution in [0.1, 0.15) is 10.4 Å². The number of hydrogen-bond acceptors (Lipinski definition) is 7. The number of aromatic nitrogens is 2. The second kappa shape index (κ2) is 9.29. The van der Waals surface area contributed by atoms with E-state index in [-0.39, 0.29) is 27.6 Å². The van der Waals surface area contributed by atoms with Crippen molar-refractivity contribution in [2.45, 2.75) is 4.90 Å². The number of thiocarbonyl (C=S) groups is 1. The number of ether oxygens (including phenoxy) is 1. The van der Waals surface area contributed by atoms with Crippen LogP contribution in [0, 0.1) is 0 Å². The number of carbonyl (C=O) groups is 1. The second-order valence-corrected chi connectivity index (χ2v) is 7.96. The van der Waals surface area contributed by atoms with Crippen molar-refractivity contribution >= 4 is 44.8 Å². The fourth-order valence-corrected chi connectivity index (χ4v) is 3.53. The van der Waals surface area contributed by atoms with E-state index in [1.54, 1.807) is 30.3 Å². The van der Waals surface area contributed by atoms with Crippen molar-refractivity contribution < 1.29 is 17.9 Å². The molecule has 3 aromatic rings. The summed E-state index contributed by atoms with van der Waals surface area (Å²) < 4.78 is 32.2. The van der Waals surface area contributed by atoms with E-state index in [9.17, 15) is 13.2 Å². The lowest BCUT2D eigenvalue weighted by Gasteiger charge is -2.11. The van der Waals surface area contributed by atoms with Crippen LogP contribution in [0.15, 0.2) is 71.6 Å². The van der Waals surface area contributed by atoms with Gasteiger partial charge in [-0.3, -0.25) is 14.8 Å². The predicted octanol–water partition coefficient (Wildman–Crippen LogP) is 2.41. The Kier molecular flexibility index (Phi) is 6.54. The highest BCUT2D eigenvalue weighted by Gasteiger charge is 2.15. The molecule has 3 rings (SSSR count). The lowest BCUT2D eigenvalue weighted by Crippen LogP contribution is -2.34. The molecule has 0 unspecified atom stereocenters. The van der Waals surface area contributed by atoms with Gasteiger partial charge in [0.25, 0.3) is 15.9 Å². The Morgan fingerprint density at radius 2 is 1.67 bits per heavy atom. The standard InChI is InChI=1S/C19H17N5O4S2/c1-28-17-12-11-16(22-23-17)24-30(26,27)15-9-7-14(8-10-15)20-19(29)21-18(25)13-5-3-2-4-6-13/h2-12H,1H3,(H,22,24)(H2,20,21,25,29). The maximum absolute atomic E-state index is 12.5. The smallest absolute Gasteiger partial charge is 0.263 e. The van der Waals surface area contributed by atoms with Crippen LogP contribution in [0.25, 0.3) is 0 Å². The number of hydrogen-bond donors (Lipinski definition) is 3. The Hall–Kier alpha value is -3.57. The van der Waals surface area contributed by atoms with Crippen LogP contribution < -0.4 is 20.1 Å². The first kappa shape index (κ1) is 21.1. The largest absolute Gasteiger partial charge is 0.480 e. The first-order valence-corrected chi connectivity index (χ1v) is 10.4. The summed E-state index contributed by atoms with van der Waals surface area (Å²) in [5.74, 6) is -0.0244. The number of carbonyl (C=O) groups excluding carboxylic acids is 1. The molecule has 1 heterocycles. The number of amides is 1. The molecule has 0 radical (unpaired) electrons. The fourth-order valence-electron chi connectivity index (χ4n) is 2.32. The minimum Gasteiger partial charge on any atom is -0.480 e. The zero-order valence-corrected chi connectivity index (χ0v) is 17.3. The quantitative estimate of drug-likeness (QED) is 0.497. The maximum atomic E-state index is 12.5. The van der Waals surface area contributed by atoms with Crippen molar-refractivity contribution in [3.63, 3.8) is 0 Å². The minimum absolute atomic E-state index is 0.0184. The van der Waals surface area contributed by atoms with Gasteiger partial charge in [0.1, 0.15) is 0 Å². The molecule has 0 aliphatic carbocycles. The molecule has 0 saturated carbocycles. The third-order valence-corrected chi connectivity index (χ3v) is 5.35. The molecule has 11 heteroatoms. The average Bonchev–Trinajstić information content (AvgIpc) is 2.75. The van der Waals surface area contributed by atoms with Gasteiger partial charge in [0, 0.05) is 17.3 Å². The molecular formula is C19H17N5O4S2. The van der Waals surface area contributed by atoms with Gasteiger partial charge in [0.2, 0.25) is 5.88 Å². The third-order valence-electron chi connectivity index (χ3n) is 3.77. The maximum Gasteiger partial charge on any atom is 0.263 e. The van der Waals surface area contributed by atoms with Gasteiger partial charge in [-0.25, -0.2) is 8.42 Å². The predicted molar refractivity (Wildman–Crippen MR) is 116 cm³/mol. The summed E-state index contributed by atoms with van der Waals surface area (Å²) in [5, 5.41) is 12.9. The number of nitrogens with zero attached hydrogens (tertiary/aromatic N) is 2. The Morgan fingerprint density at radius 1 is 0.967 bits per heavy atom. The molecule has 9 nitrogen and oxygen atoms in total. The van der Waals surface area contributed by atoms with Crippen molar-refractivity contribution in [1.29, 1.82) is 0 Å². The molecule has 0 atom stereocenters. The molecule has 0 saturated heterocycles. The first-order valence-electron chi connectivity index (χ1n) is 8.55. The molecule has 154 valence electrons. The fraction of sp³-hybridized carbons (Fsp3) is 0.0526. The first-order chi connectivity index (χ1) is 14.4. The lowest BCUT2D eigenvalue weighted by molar-refractivity contribution is 0.0977. The van der Waals surface area contributed by atoms with Gasteiger partial charge in [0.05, 0.1) is 12.0 Å². The molecule has 2 aromatic carbocycles. The van der Waals surface area contributed by atoms with Crippen molar-refractivity contribution in [3.05, 3.63) is 72.3 Å². The van der Waals surface area contributed by atoms with Crippen molar-refractivity contribution in [2.75, 3.05) is 17.1 Å². The SMILES string of the molecule is COc1ccc(NS(=O)(=O)c2ccc(NC(=S)NC(=O)c3ccccc3)cc2)nn1. The molecule has 0 fully saturated rings. The van der Waals surface area contributed by atoms with Gasteiger partial charge in [-0.15, -0.1) is 10.2 Å². The highest BCUT2D eigenvalue weighted by Crippen LogP contribution is 2.17. The minimum atomic E-state index is -3.86. The molecule has 0 aliphatic heterocycles. The van der Waals surface area contributed by atoms with E-state index in [4.69, 9.17) is 17.0 Å². The van der Waals surface area contributed by atoms with Gasteiger partial charge in [-0.1, -0.05) is 18.2 Å². The number of rotatable bonds is 6. The molecular weight excluding hydrogens is 426 g/mol. The monoisotopic (exact) mass is 443 g/mol. The van der Waals surface area contributed by atoms with Crippen LogP contribution in [0.4, 0.5) is 11.5 Å². The number of nitrogens with one attached hydrogen (secondary N) is 3. The molecule has 1 amide bonds. The summed E-state index contributed by atoms with van der Waals surface area (Å²) in [4.78, 5) is 12.1.